The van der Waals surface area contributed by atoms with Gasteiger partial charge in [-0.2, -0.15) is 0 Å². The van der Waals surface area contributed by atoms with Crippen LogP contribution in [0.4, 0.5) is 11.4 Å². The molecule has 1 unspecified atom stereocenters. The van der Waals surface area contributed by atoms with Crippen molar-refractivity contribution >= 4 is 11.4 Å². The average molecular weight is 257 g/mol. The quantitative estimate of drug-likeness (QED) is 0.660. The average Bonchev–Trinajstić information content (AvgIpc) is 2.47. The van der Waals surface area contributed by atoms with Gasteiger partial charge in [0.2, 0.25) is 0 Å². The lowest BCUT2D eigenvalue weighted by Crippen LogP contribution is -2.25. The molecule has 0 bridgehead atoms. The number of rotatable bonds is 2. The summed E-state index contributed by atoms with van der Waals surface area (Å²) in [5.41, 5.74) is 1.22. The third-order valence-corrected chi connectivity index (χ3v) is 2.97. The van der Waals surface area contributed by atoms with Gasteiger partial charge in [-0.15, -0.1) is 0 Å². The number of benzene rings is 1. The topological polar surface area (TPSA) is 77.3 Å². The van der Waals surface area contributed by atoms with Crippen molar-refractivity contribution in [3.05, 3.63) is 58.4 Å². The van der Waals surface area contributed by atoms with Crippen LogP contribution in [0.15, 0.2) is 42.6 Å². The van der Waals surface area contributed by atoms with Crippen molar-refractivity contribution in [2.45, 2.75) is 6.04 Å². The van der Waals surface area contributed by atoms with Crippen LogP contribution in [-0.2, 0) is 0 Å². The molecule has 6 nitrogen and oxygen atoms in total. The fourth-order valence-electron chi connectivity index (χ4n) is 2.07. The van der Waals surface area contributed by atoms with E-state index in [0.29, 0.717) is 18.0 Å². The molecular weight excluding hydrogens is 246 g/mol. The molecule has 0 saturated heterocycles. The van der Waals surface area contributed by atoms with E-state index in [0.717, 1.165) is 5.69 Å². The van der Waals surface area contributed by atoms with Gasteiger partial charge in [0.15, 0.2) is 5.69 Å². The van der Waals surface area contributed by atoms with E-state index in [2.05, 4.69) is 10.3 Å². The second-order valence-electron chi connectivity index (χ2n) is 4.17. The molecule has 1 aromatic carbocycles. The fraction of sp³-hybridized carbons (Fsp3) is 0.154. The zero-order chi connectivity index (χ0) is 13.2. The van der Waals surface area contributed by atoms with E-state index < -0.39 is 4.92 Å². The standard InChI is InChI=1S/C13H11N3O3/c17-16(18)11-5-3-6-12-13(11)15-10(8-19-12)9-4-1-2-7-14-9/h1-7,10,15H,8H2. The number of ether oxygens (including phenoxy) is 1. The minimum atomic E-state index is -0.421. The largest absolute Gasteiger partial charge is 0.489 e. The Kier molecular flexibility index (Phi) is 2.75. The predicted octanol–water partition coefficient (Wildman–Crippen LogP) is 2.54. The lowest BCUT2D eigenvalue weighted by molar-refractivity contribution is -0.384. The molecular formula is C13H11N3O3. The van der Waals surface area contributed by atoms with Gasteiger partial charge < -0.3 is 10.1 Å². The lowest BCUT2D eigenvalue weighted by atomic mass is 10.1. The molecule has 1 aromatic heterocycles. The van der Waals surface area contributed by atoms with Crippen molar-refractivity contribution in [2.75, 3.05) is 11.9 Å². The molecule has 2 aromatic rings. The molecule has 19 heavy (non-hydrogen) atoms. The monoisotopic (exact) mass is 257 g/mol. The lowest BCUT2D eigenvalue weighted by Gasteiger charge is -2.26. The molecule has 0 aliphatic carbocycles. The minimum Gasteiger partial charge on any atom is -0.489 e. The molecule has 0 amide bonds. The third-order valence-electron chi connectivity index (χ3n) is 2.97. The summed E-state index contributed by atoms with van der Waals surface area (Å²) in [6.45, 7) is 0.394. The van der Waals surface area contributed by atoms with Crippen molar-refractivity contribution in [2.24, 2.45) is 0 Å². The molecule has 1 N–H and O–H groups in total. The van der Waals surface area contributed by atoms with Gasteiger partial charge in [0, 0.05) is 12.3 Å². The summed E-state index contributed by atoms with van der Waals surface area (Å²) in [6.07, 6.45) is 1.69. The van der Waals surface area contributed by atoms with E-state index in [1.165, 1.54) is 6.07 Å². The van der Waals surface area contributed by atoms with Gasteiger partial charge in [-0.25, -0.2) is 0 Å². The Morgan fingerprint density at radius 3 is 2.95 bits per heavy atom. The Morgan fingerprint density at radius 1 is 1.32 bits per heavy atom. The van der Waals surface area contributed by atoms with Crippen LogP contribution in [0.2, 0.25) is 0 Å². The number of anilines is 1. The molecule has 0 spiro atoms. The summed E-state index contributed by atoms with van der Waals surface area (Å²) in [6, 6.07) is 10.2. The van der Waals surface area contributed by atoms with Crippen LogP contribution >= 0.6 is 0 Å². The number of hydrogen-bond acceptors (Lipinski definition) is 5. The Hall–Kier alpha value is -2.63. The maximum atomic E-state index is 11.0. The molecule has 96 valence electrons. The second-order valence-corrected chi connectivity index (χ2v) is 4.17. The van der Waals surface area contributed by atoms with Gasteiger partial charge in [0.25, 0.3) is 5.69 Å². The highest BCUT2D eigenvalue weighted by Crippen LogP contribution is 2.39. The molecule has 2 heterocycles. The van der Waals surface area contributed by atoms with Crippen LogP contribution < -0.4 is 10.1 Å². The third kappa shape index (κ3) is 2.08. The molecule has 3 rings (SSSR count). The van der Waals surface area contributed by atoms with Crippen LogP contribution in [0.25, 0.3) is 0 Å². The Bertz CT molecular complexity index is 616. The minimum absolute atomic E-state index is 0.0122. The maximum Gasteiger partial charge on any atom is 0.296 e. The zero-order valence-corrected chi connectivity index (χ0v) is 9.95. The van der Waals surface area contributed by atoms with E-state index in [1.807, 2.05) is 18.2 Å². The Labute approximate surface area is 109 Å². The summed E-state index contributed by atoms with van der Waals surface area (Å²) < 4.78 is 5.57. The van der Waals surface area contributed by atoms with E-state index in [4.69, 9.17) is 4.74 Å². The van der Waals surface area contributed by atoms with Gasteiger partial charge >= 0.3 is 0 Å². The van der Waals surface area contributed by atoms with Crippen molar-refractivity contribution in [3.8, 4) is 5.75 Å². The number of pyridine rings is 1. The van der Waals surface area contributed by atoms with Crippen molar-refractivity contribution in [3.63, 3.8) is 0 Å². The number of nitrogens with one attached hydrogen (secondary N) is 1. The SMILES string of the molecule is O=[N+]([O-])c1cccc2c1NC(c1ccccn1)CO2. The highest BCUT2D eigenvalue weighted by Gasteiger charge is 2.27. The molecule has 0 fully saturated rings. The Balaban J connectivity index is 1.97. The fourth-order valence-corrected chi connectivity index (χ4v) is 2.07. The van der Waals surface area contributed by atoms with Crippen LogP contribution in [0.5, 0.6) is 5.75 Å². The molecule has 1 aliphatic rings. The first-order valence-corrected chi connectivity index (χ1v) is 5.83. The molecule has 6 heteroatoms. The summed E-state index contributed by atoms with van der Waals surface area (Å²) in [5, 5.41) is 14.1. The molecule has 0 saturated carbocycles. The second kappa shape index (κ2) is 4.56. The molecule has 1 aliphatic heterocycles. The number of aromatic nitrogens is 1. The zero-order valence-electron chi connectivity index (χ0n) is 9.95. The first-order valence-electron chi connectivity index (χ1n) is 5.83. The van der Waals surface area contributed by atoms with Gasteiger partial charge in [0.1, 0.15) is 18.4 Å². The van der Waals surface area contributed by atoms with E-state index in [-0.39, 0.29) is 11.7 Å². The van der Waals surface area contributed by atoms with Crippen LogP contribution in [0.1, 0.15) is 11.7 Å². The van der Waals surface area contributed by atoms with Crippen LogP contribution in [-0.4, -0.2) is 16.5 Å². The van der Waals surface area contributed by atoms with Gasteiger partial charge in [-0.05, 0) is 18.2 Å². The van der Waals surface area contributed by atoms with E-state index >= 15 is 0 Å². The number of nitrogens with zero attached hydrogens (tertiary/aromatic N) is 2. The predicted molar refractivity (Wildman–Crippen MR) is 69.2 cm³/mol. The van der Waals surface area contributed by atoms with Crippen molar-refractivity contribution in [1.82, 2.24) is 4.98 Å². The smallest absolute Gasteiger partial charge is 0.296 e. The van der Waals surface area contributed by atoms with Crippen LogP contribution in [0, 0.1) is 10.1 Å². The summed E-state index contributed by atoms with van der Waals surface area (Å²) in [7, 11) is 0. The number of fused-ring (bicyclic) bond motifs is 1. The summed E-state index contributed by atoms with van der Waals surface area (Å²) in [4.78, 5) is 14.8. The number of hydrogen-bond donors (Lipinski definition) is 1. The van der Waals surface area contributed by atoms with Crippen LogP contribution in [0.3, 0.4) is 0 Å². The summed E-state index contributed by atoms with van der Waals surface area (Å²) in [5.74, 6) is 0.501. The van der Waals surface area contributed by atoms with Crippen molar-refractivity contribution < 1.29 is 9.66 Å². The van der Waals surface area contributed by atoms with Gasteiger partial charge in [-0.3, -0.25) is 15.1 Å². The van der Waals surface area contributed by atoms with E-state index in [1.54, 1.807) is 18.3 Å². The maximum absolute atomic E-state index is 11.0. The van der Waals surface area contributed by atoms with Crippen molar-refractivity contribution in [1.29, 1.82) is 0 Å². The molecule has 0 radical (unpaired) electrons. The Morgan fingerprint density at radius 2 is 2.21 bits per heavy atom. The van der Waals surface area contributed by atoms with Gasteiger partial charge in [0.05, 0.1) is 10.6 Å². The van der Waals surface area contributed by atoms with Gasteiger partial charge in [-0.1, -0.05) is 12.1 Å². The summed E-state index contributed by atoms with van der Waals surface area (Å²) >= 11 is 0. The first kappa shape index (κ1) is 11.5. The number of para-hydroxylation sites is 1. The highest BCUT2D eigenvalue weighted by atomic mass is 16.6. The first-order chi connectivity index (χ1) is 9.25. The number of nitro groups is 1. The number of nitro benzene ring substituents is 1. The molecule has 1 atom stereocenters. The highest BCUT2D eigenvalue weighted by molar-refractivity contribution is 5.71. The van der Waals surface area contributed by atoms with E-state index in [9.17, 15) is 10.1 Å². The normalized spacial score (nSPS) is 16.9.